The van der Waals surface area contributed by atoms with Crippen molar-refractivity contribution < 1.29 is 0 Å². The van der Waals surface area contributed by atoms with Crippen LogP contribution in [0.1, 0.15) is 5.69 Å². The van der Waals surface area contributed by atoms with Crippen LogP contribution in [-0.2, 0) is 0 Å². The van der Waals surface area contributed by atoms with Gasteiger partial charge in [-0.3, -0.25) is 0 Å². The van der Waals surface area contributed by atoms with E-state index >= 15 is 0 Å². The molecule has 0 amide bonds. The number of nitrogens with zero attached hydrogens (tertiary/aromatic N) is 2. The molecule has 0 saturated heterocycles. The number of nitrogens with one attached hydrogen (secondary N) is 1. The Labute approximate surface area is 78.8 Å². The van der Waals surface area contributed by atoms with E-state index in [-0.39, 0.29) is 0 Å². The van der Waals surface area contributed by atoms with Crippen molar-refractivity contribution in [3.8, 4) is 0 Å². The van der Waals surface area contributed by atoms with E-state index in [1.807, 2.05) is 14.0 Å². The molecule has 1 heterocycles. The van der Waals surface area contributed by atoms with Crippen LogP contribution in [0.3, 0.4) is 0 Å². The van der Waals surface area contributed by atoms with Crippen molar-refractivity contribution in [2.75, 3.05) is 18.1 Å². The van der Waals surface area contributed by atoms with Gasteiger partial charge in [-0.25, -0.2) is 4.98 Å². The SMILES string of the molecule is CNc1nc(N)nc(C)c1I. The smallest absolute Gasteiger partial charge is 0.222 e. The first-order chi connectivity index (χ1) is 5.15. The minimum absolute atomic E-state index is 0.312. The van der Waals surface area contributed by atoms with Crippen LogP contribution in [-0.4, -0.2) is 17.0 Å². The molecular formula is C6H9IN4. The minimum Gasteiger partial charge on any atom is -0.372 e. The van der Waals surface area contributed by atoms with Gasteiger partial charge in [-0.2, -0.15) is 4.98 Å². The minimum atomic E-state index is 0.312. The molecule has 3 N–H and O–H groups in total. The Morgan fingerprint density at radius 2 is 2.09 bits per heavy atom. The molecule has 0 spiro atoms. The van der Waals surface area contributed by atoms with E-state index in [9.17, 15) is 0 Å². The quantitative estimate of drug-likeness (QED) is 0.743. The fourth-order valence-corrected chi connectivity index (χ4v) is 1.26. The largest absolute Gasteiger partial charge is 0.372 e. The van der Waals surface area contributed by atoms with Gasteiger partial charge in [0.05, 0.1) is 9.26 Å². The maximum Gasteiger partial charge on any atom is 0.222 e. The first-order valence-electron chi connectivity index (χ1n) is 3.12. The highest BCUT2D eigenvalue weighted by molar-refractivity contribution is 14.1. The van der Waals surface area contributed by atoms with Gasteiger partial charge >= 0.3 is 0 Å². The summed E-state index contributed by atoms with van der Waals surface area (Å²) in [7, 11) is 1.81. The molecule has 11 heavy (non-hydrogen) atoms. The van der Waals surface area contributed by atoms with Crippen molar-refractivity contribution in [1.82, 2.24) is 9.97 Å². The first-order valence-corrected chi connectivity index (χ1v) is 4.20. The zero-order valence-corrected chi connectivity index (χ0v) is 8.51. The molecule has 0 bridgehead atoms. The summed E-state index contributed by atoms with van der Waals surface area (Å²) in [6.45, 7) is 1.90. The van der Waals surface area contributed by atoms with Gasteiger partial charge in [0.1, 0.15) is 5.82 Å². The van der Waals surface area contributed by atoms with E-state index in [0.29, 0.717) is 5.95 Å². The maximum atomic E-state index is 5.44. The number of halogens is 1. The zero-order valence-electron chi connectivity index (χ0n) is 6.35. The Balaban J connectivity index is 3.24. The van der Waals surface area contributed by atoms with Gasteiger partial charge < -0.3 is 11.1 Å². The van der Waals surface area contributed by atoms with Gasteiger partial charge in [-0.05, 0) is 29.5 Å². The lowest BCUT2D eigenvalue weighted by molar-refractivity contribution is 1.09. The number of anilines is 2. The van der Waals surface area contributed by atoms with Crippen molar-refractivity contribution in [3.63, 3.8) is 0 Å². The number of hydrogen-bond acceptors (Lipinski definition) is 4. The Morgan fingerprint density at radius 3 is 2.64 bits per heavy atom. The highest BCUT2D eigenvalue weighted by atomic mass is 127. The molecule has 60 valence electrons. The molecule has 0 aliphatic rings. The van der Waals surface area contributed by atoms with Crippen LogP contribution >= 0.6 is 22.6 Å². The second-order valence-corrected chi connectivity index (χ2v) is 3.16. The zero-order chi connectivity index (χ0) is 8.43. The molecule has 1 rings (SSSR count). The lowest BCUT2D eigenvalue weighted by Crippen LogP contribution is -2.04. The second-order valence-electron chi connectivity index (χ2n) is 2.08. The number of nitrogen functional groups attached to an aromatic ring is 1. The summed E-state index contributed by atoms with van der Waals surface area (Å²) in [6, 6.07) is 0. The van der Waals surface area contributed by atoms with Crippen LogP contribution in [0.2, 0.25) is 0 Å². The molecule has 0 aliphatic carbocycles. The van der Waals surface area contributed by atoms with Gasteiger partial charge in [0.15, 0.2) is 0 Å². The van der Waals surface area contributed by atoms with Crippen molar-refractivity contribution in [1.29, 1.82) is 0 Å². The molecule has 0 radical (unpaired) electrons. The van der Waals surface area contributed by atoms with E-state index in [1.165, 1.54) is 0 Å². The first kappa shape index (κ1) is 8.51. The van der Waals surface area contributed by atoms with Gasteiger partial charge in [-0.15, -0.1) is 0 Å². The summed E-state index contributed by atoms with van der Waals surface area (Å²) < 4.78 is 1.01. The molecule has 0 aliphatic heterocycles. The van der Waals surface area contributed by atoms with Gasteiger partial charge in [0.25, 0.3) is 0 Å². The van der Waals surface area contributed by atoms with E-state index in [2.05, 4.69) is 37.9 Å². The molecule has 1 aromatic rings. The molecule has 5 heteroatoms. The molecule has 0 saturated carbocycles. The van der Waals surface area contributed by atoms with Crippen LogP contribution in [0, 0.1) is 10.5 Å². The second kappa shape index (κ2) is 3.21. The topological polar surface area (TPSA) is 63.8 Å². The van der Waals surface area contributed by atoms with Crippen LogP contribution < -0.4 is 11.1 Å². The molecular weight excluding hydrogens is 255 g/mol. The van der Waals surface area contributed by atoms with Crippen molar-refractivity contribution >= 4 is 34.4 Å². The lowest BCUT2D eigenvalue weighted by Gasteiger charge is -2.04. The van der Waals surface area contributed by atoms with E-state index in [0.717, 1.165) is 15.1 Å². The Hall–Kier alpha value is -0.590. The van der Waals surface area contributed by atoms with Crippen molar-refractivity contribution in [2.45, 2.75) is 6.92 Å². The molecule has 0 atom stereocenters. The average Bonchev–Trinajstić information content (AvgIpc) is 1.96. The number of nitrogens with two attached hydrogens (primary N) is 1. The van der Waals surface area contributed by atoms with E-state index < -0.39 is 0 Å². The van der Waals surface area contributed by atoms with Gasteiger partial charge in [0, 0.05) is 7.05 Å². The molecule has 0 aromatic carbocycles. The third-order valence-electron chi connectivity index (χ3n) is 1.27. The van der Waals surface area contributed by atoms with Gasteiger partial charge in [0.2, 0.25) is 5.95 Å². The highest BCUT2D eigenvalue weighted by Gasteiger charge is 2.04. The Morgan fingerprint density at radius 1 is 1.45 bits per heavy atom. The van der Waals surface area contributed by atoms with E-state index in [4.69, 9.17) is 5.73 Å². The monoisotopic (exact) mass is 264 g/mol. The maximum absolute atomic E-state index is 5.44. The summed E-state index contributed by atoms with van der Waals surface area (Å²) in [5.41, 5.74) is 6.34. The van der Waals surface area contributed by atoms with Crippen LogP contribution in [0.5, 0.6) is 0 Å². The lowest BCUT2D eigenvalue weighted by atomic mass is 10.4. The van der Waals surface area contributed by atoms with Crippen molar-refractivity contribution in [2.24, 2.45) is 0 Å². The van der Waals surface area contributed by atoms with Crippen molar-refractivity contribution in [3.05, 3.63) is 9.26 Å². The number of rotatable bonds is 1. The number of aromatic nitrogens is 2. The fraction of sp³-hybridized carbons (Fsp3) is 0.333. The third kappa shape index (κ3) is 1.70. The highest BCUT2D eigenvalue weighted by Crippen LogP contribution is 2.18. The number of aryl methyl sites for hydroxylation is 1. The number of hydrogen-bond donors (Lipinski definition) is 2. The average molecular weight is 264 g/mol. The van der Waals surface area contributed by atoms with Gasteiger partial charge in [-0.1, -0.05) is 0 Å². The standard InChI is InChI=1S/C6H9IN4/c1-3-4(7)5(9-2)11-6(8)10-3/h1-2H3,(H3,8,9,10,11). The molecule has 4 nitrogen and oxygen atoms in total. The van der Waals surface area contributed by atoms with Crippen LogP contribution in [0.15, 0.2) is 0 Å². The molecule has 1 aromatic heterocycles. The Kier molecular flexibility index (Phi) is 2.48. The Bertz CT molecular complexity index is 274. The molecule has 0 unspecified atom stereocenters. The summed E-state index contributed by atoms with van der Waals surface area (Å²) in [5.74, 6) is 1.10. The summed E-state index contributed by atoms with van der Waals surface area (Å²) >= 11 is 2.18. The third-order valence-corrected chi connectivity index (χ3v) is 2.56. The fourth-order valence-electron chi connectivity index (χ4n) is 0.747. The normalized spacial score (nSPS) is 9.73. The van der Waals surface area contributed by atoms with E-state index in [1.54, 1.807) is 0 Å². The van der Waals surface area contributed by atoms with Crippen LogP contribution in [0.25, 0.3) is 0 Å². The predicted molar refractivity (Wildman–Crippen MR) is 53.4 cm³/mol. The summed E-state index contributed by atoms with van der Waals surface area (Å²) in [6.07, 6.45) is 0. The summed E-state index contributed by atoms with van der Waals surface area (Å²) in [4.78, 5) is 8.00. The van der Waals surface area contributed by atoms with Crippen LogP contribution in [0.4, 0.5) is 11.8 Å². The predicted octanol–water partition coefficient (Wildman–Crippen LogP) is 1.01. The summed E-state index contributed by atoms with van der Waals surface area (Å²) in [5, 5.41) is 2.94. The molecule has 0 fully saturated rings.